The molecule has 3 aliphatic heterocycles. The summed E-state index contributed by atoms with van der Waals surface area (Å²) in [7, 11) is 1.72. The SMILES string of the molecule is C=CCN(C)C(=O)[C@@H]1[C@@H]2CC(C)C3(S2)C(C(=O)N(CC=C)c2ccccc2Cl)N([C@H](C)CO)C(=O)[C@H]13. The van der Waals surface area contributed by atoms with Crippen LogP contribution in [0.5, 0.6) is 0 Å². The molecule has 4 rings (SSSR count). The van der Waals surface area contributed by atoms with Crippen molar-refractivity contribution in [2.75, 3.05) is 31.6 Å². The van der Waals surface area contributed by atoms with Gasteiger partial charge in [0.1, 0.15) is 6.04 Å². The first kappa shape index (κ1) is 26.8. The smallest absolute Gasteiger partial charge is 0.251 e. The highest BCUT2D eigenvalue weighted by Gasteiger charge is 2.76. The van der Waals surface area contributed by atoms with Gasteiger partial charge in [0, 0.05) is 25.4 Å². The minimum atomic E-state index is -0.846. The Morgan fingerprint density at radius 2 is 1.94 bits per heavy atom. The largest absolute Gasteiger partial charge is 0.394 e. The second kappa shape index (κ2) is 10.2. The lowest BCUT2D eigenvalue weighted by atomic mass is 9.65. The lowest BCUT2D eigenvalue weighted by molar-refractivity contribution is -0.144. The number of aliphatic hydroxyl groups is 1. The minimum absolute atomic E-state index is 0.0249. The Kier molecular flexibility index (Phi) is 7.60. The van der Waals surface area contributed by atoms with Crippen molar-refractivity contribution in [3.05, 3.63) is 54.6 Å². The van der Waals surface area contributed by atoms with Gasteiger partial charge in [-0.3, -0.25) is 14.4 Å². The number of likely N-dealkylation sites (N-methyl/N-ethyl adjacent to an activating group) is 1. The number of amides is 3. The molecule has 3 heterocycles. The lowest BCUT2D eigenvalue weighted by Gasteiger charge is -2.41. The number of fused-ring (bicyclic) bond motifs is 1. The topological polar surface area (TPSA) is 81.2 Å². The molecule has 9 heteroatoms. The molecule has 3 fully saturated rings. The molecule has 3 unspecified atom stereocenters. The standard InChI is InChI=1S/C27H34ClN3O4S/c1-6-12-29(5)24(33)21-20-14-16(3)27(36-20)22(21)25(34)31(17(4)15-32)23(27)26(35)30(13-7-2)19-11-9-8-10-18(19)28/h6-11,16-17,20-23,32H,1-2,12-15H2,3-5H3/t16?,17-,20+,21-,22+,23?,27?/m1/s1. The van der Waals surface area contributed by atoms with Gasteiger partial charge in [-0.15, -0.1) is 24.9 Å². The molecule has 7 nitrogen and oxygen atoms in total. The molecule has 1 aromatic carbocycles. The number of aliphatic hydroxyl groups excluding tert-OH is 1. The van der Waals surface area contributed by atoms with E-state index in [0.29, 0.717) is 17.3 Å². The van der Waals surface area contributed by atoms with Crippen molar-refractivity contribution in [1.82, 2.24) is 9.80 Å². The molecule has 1 N–H and O–H groups in total. The first-order valence-electron chi connectivity index (χ1n) is 12.3. The lowest BCUT2D eigenvalue weighted by Crippen LogP contribution is -2.59. The number of benzene rings is 1. The molecular weight excluding hydrogens is 498 g/mol. The first-order valence-corrected chi connectivity index (χ1v) is 13.5. The number of carbonyl (C=O) groups excluding carboxylic acids is 3. The van der Waals surface area contributed by atoms with Crippen molar-refractivity contribution in [2.45, 2.75) is 42.3 Å². The van der Waals surface area contributed by atoms with E-state index in [4.69, 9.17) is 11.6 Å². The maximum atomic E-state index is 14.5. The highest BCUT2D eigenvalue weighted by molar-refractivity contribution is 8.02. The predicted molar refractivity (Wildman–Crippen MR) is 144 cm³/mol. The summed E-state index contributed by atoms with van der Waals surface area (Å²) in [5, 5.41) is 10.5. The van der Waals surface area contributed by atoms with Crippen LogP contribution < -0.4 is 4.90 Å². The van der Waals surface area contributed by atoms with Crippen LogP contribution >= 0.6 is 23.4 Å². The molecule has 2 bridgehead atoms. The van der Waals surface area contributed by atoms with E-state index >= 15 is 0 Å². The van der Waals surface area contributed by atoms with Gasteiger partial charge in [-0.1, -0.05) is 42.8 Å². The third kappa shape index (κ3) is 3.89. The van der Waals surface area contributed by atoms with Crippen molar-refractivity contribution in [1.29, 1.82) is 0 Å². The van der Waals surface area contributed by atoms with Crippen LogP contribution in [0.15, 0.2) is 49.6 Å². The van der Waals surface area contributed by atoms with Crippen LogP contribution in [0, 0.1) is 17.8 Å². The Morgan fingerprint density at radius 1 is 1.28 bits per heavy atom. The maximum Gasteiger partial charge on any atom is 0.251 e. The van der Waals surface area contributed by atoms with E-state index in [9.17, 15) is 19.5 Å². The first-order chi connectivity index (χ1) is 17.1. The van der Waals surface area contributed by atoms with Crippen LogP contribution in [0.25, 0.3) is 0 Å². The van der Waals surface area contributed by atoms with Crippen molar-refractivity contribution in [3.8, 4) is 0 Å². The number of hydrogen-bond acceptors (Lipinski definition) is 5. The van der Waals surface area contributed by atoms with Crippen molar-refractivity contribution in [2.24, 2.45) is 17.8 Å². The van der Waals surface area contributed by atoms with Gasteiger partial charge in [0.05, 0.1) is 39.9 Å². The molecule has 194 valence electrons. The summed E-state index contributed by atoms with van der Waals surface area (Å²) in [6.07, 6.45) is 4.04. The van der Waals surface area contributed by atoms with Gasteiger partial charge in [-0.05, 0) is 31.4 Å². The number of rotatable bonds is 9. The zero-order valence-corrected chi connectivity index (χ0v) is 22.5. The van der Waals surface area contributed by atoms with Gasteiger partial charge in [-0.25, -0.2) is 0 Å². The summed E-state index contributed by atoms with van der Waals surface area (Å²) in [5.41, 5.74) is 0.538. The van der Waals surface area contributed by atoms with Crippen LogP contribution in [-0.4, -0.2) is 81.5 Å². The number of likely N-dealkylation sites (tertiary alicyclic amines) is 1. The second-order valence-corrected chi connectivity index (χ2v) is 12.0. The fraction of sp³-hybridized carbons (Fsp3) is 0.519. The summed E-state index contributed by atoms with van der Waals surface area (Å²) in [6.45, 7) is 11.7. The van der Waals surface area contributed by atoms with E-state index < -0.39 is 28.7 Å². The number of thioether (sulfide) groups is 1. The van der Waals surface area contributed by atoms with Crippen LogP contribution in [0.2, 0.25) is 5.02 Å². The summed E-state index contributed by atoms with van der Waals surface area (Å²) < 4.78 is -0.779. The maximum absolute atomic E-state index is 14.5. The number of para-hydroxylation sites is 1. The van der Waals surface area contributed by atoms with Gasteiger partial charge in [-0.2, -0.15) is 0 Å². The van der Waals surface area contributed by atoms with Crippen molar-refractivity contribution < 1.29 is 19.5 Å². The number of hydrogen-bond donors (Lipinski definition) is 1. The molecule has 1 aromatic rings. The van der Waals surface area contributed by atoms with Crippen LogP contribution in [-0.2, 0) is 14.4 Å². The third-order valence-electron chi connectivity index (χ3n) is 7.94. The summed E-state index contributed by atoms with van der Waals surface area (Å²) in [5.74, 6) is -1.75. The number of halogens is 1. The molecule has 0 saturated carbocycles. The molecular formula is C27H34ClN3O4S. The fourth-order valence-corrected chi connectivity index (χ4v) is 9.01. The fourth-order valence-electron chi connectivity index (χ4n) is 6.38. The zero-order chi connectivity index (χ0) is 26.4. The van der Waals surface area contributed by atoms with Crippen LogP contribution in [0.3, 0.4) is 0 Å². The molecule has 0 radical (unpaired) electrons. The summed E-state index contributed by atoms with van der Waals surface area (Å²) in [4.78, 5) is 46.9. The Bertz CT molecular complexity index is 1080. The molecule has 1 spiro atoms. The highest BCUT2D eigenvalue weighted by Crippen LogP contribution is 2.69. The highest BCUT2D eigenvalue weighted by atomic mass is 35.5. The Hall–Kier alpha value is -2.29. The molecule has 0 aromatic heterocycles. The van der Waals surface area contributed by atoms with Crippen molar-refractivity contribution in [3.63, 3.8) is 0 Å². The van der Waals surface area contributed by atoms with Crippen LogP contribution in [0.1, 0.15) is 20.3 Å². The van der Waals surface area contributed by atoms with Crippen molar-refractivity contribution >= 4 is 46.8 Å². The van der Waals surface area contributed by atoms with Gasteiger partial charge in [0.15, 0.2) is 0 Å². The van der Waals surface area contributed by atoms with Gasteiger partial charge < -0.3 is 19.8 Å². The van der Waals surface area contributed by atoms with E-state index in [0.717, 1.165) is 6.42 Å². The zero-order valence-electron chi connectivity index (χ0n) is 21.0. The molecule has 3 saturated heterocycles. The average molecular weight is 532 g/mol. The minimum Gasteiger partial charge on any atom is -0.394 e. The summed E-state index contributed by atoms with van der Waals surface area (Å²) >= 11 is 8.11. The Balaban J connectivity index is 1.84. The Morgan fingerprint density at radius 3 is 2.56 bits per heavy atom. The number of carbonyl (C=O) groups is 3. The monoisotopic (exact) mass is 531 g/mol. The average Bonchev–Trinajstić information content (AvgIpc) is 3.45. The number of anilines is 1. The van der Waals surface area contributed by atoms with Gasteiger partial charge in [0.25, 0.3) is 5.91 Å². The van der Waals surface area contributed by atoms with E-state index in [-0.39, 0.29) is 42.0 Å². The quantitative estimate of drug-likeness (QED) is 0.495. The normalized spacial score (nSPS) is 31.2. The molecule has 3 amide bonds. The van der Waals surface area contributed by atoms with E-state index in [1.807, 2.05) is 6.07 Å². The molecule has 3 aliphatic rings. The van der Waals surface area contributed by atoms with Gasteiger partial charge in [0.2, 0.25) is 11.8 Å². The molecule has 36 heavy (non-hydrogen) atoms. The van der Waals surface area contributed by atoms with E-state index in [1.165, 1.54) is 0 Å². The van der Waals surface area contributed by atoms with Gasteiger partial charge >= 0.3 is 0 Å². The van der Waals surface area contributed by atoms with E-state index in [2.05, 4.69) is 20.1 Å². The second-order valence-electron chi connectivity index (χ2n) is 10.0. The predicted octanol–water partition coefficient (Wildman–Crippen LogP) is 3.22. The summed E-state index contributed by atoms with van der Waals surface area (Å²) in [6, 6.07) is 5.66. The third-order valence-corrected chi connectivity index (χ3v) is 10.3. The molecule has 0 aliphatic carbocycles. The van der Waals surface area contributed by atoms with E-state index in [1.54, 1.807) is 70.8 Å². The van der Waals surface area contributed by atoms with Crippen LogP contribution in [0.4, 0.5) is 5.69 Å². The number of nitrogens with zero attached hydrogens (tertiary/aromatic N) is 3. The Labute approximate surface area is 222 Å². The molecule has 7 atom stereocenters.